The van der Waals surface area contributed by atoms with Gasteiger partial charge in [0.25, 0.3) is 0 Å². The van der Waals surface area contributed by atoms with E-state index < -0.39 is 11.8 Å². The number of halogens is 1. The summed E-state index contributed by atoms with van der Waals surface area (Å²) in [6, 6.07) is 7.38. The fourth-order valence-corrected chi connectivity index (χ4v) is 2.26. The maximum Gasteiger partial charge on any atom is 0.168 e. The second-order valence-electron chi connectivity index (χ2n) is 4.63. The highest BCUT2D eigenvalue weighted by molar-refractivity contribution is 6.34. The van der Waals surface area contributed by atoms with Crippen LogP contribution in [-0.2, 0) is 4.74 Å². The summed E-state index contributed by atoms with van der Waals surface area (Å²) in [6.07, 6.45) is 0.449. The standard InChI is InChI=1S/C13H18ClN3O2/c1-3-8-19-12-13(2,17-18)11(15-16-12)9-6-4-5-7-10(9)14/h4-7,12,16-18H,3,8H2,1-2H3. The molecule has 0 saturated heterocycles. The lowest BCUT2D eigenvalue weighted by Crippen LogP contribution is -2.57. The van der Waals surface area contributed by atoms with Crippen molar-refractivity contribution >= 4 is 17.3 Å². The van der Waals surface area contributed by atoms with Crippen LogP contribution in [0.3, 0.4) is 0 Å². The van der Waals surface area contributed by atoms with E-state index in [4.69, 9.17) is 16.3 Å². The molecule has 0 aromatic heterocycles. The van der Waals surface area contributed by atoms with Gasteiger partial charge in [-0.25, -0.2) is 0 Å². The fraction of sp³-hybridized carbons (Fsp3) is 0.462. The second kappa shape index (κ2) is 5.88. The van der Waals surface area contributed by atoms with E-state index in [9.17, 15) is 5.21 Å². The minimum atomic E-state index is -0.847. The number of nitrogens with zero attached hydrogens (tertiary/aromatic N) is 1. The monoisotopic (exact) mass is 283 g/mol. The average molecular weight is 284 g/mol. The number of hydroxylamine groups is 1. The molecule has 1 aromatic rings. The Morgan fingerprint density at radius 2 is 2.26 bits per heavy atom. The molecule has 6 heteroatoms. The quantitative estimate of drug-likeness (QED) is 0.725. The summed E-state index contributed by atoms with van der Waals surface area (Å²) in [6.45, 7) is 4.42. The Kier molecular flexibility index (Phi) is 4.42. The molecule has 1 aliphatic heterocycles. The largest absolute Gasteiger partial charge is 0.355 e. The molecule has 1 aromatic carbocycles. The molecule has 3 N–H and O–H groups in total. The Morgan fingerprint density at radius 1 is 1.53 bits per heavy atom. The van der Waals surface area contributed by atoms with E-state index in [2.05, 4.69) is 16.0 Å². The van der Waals surface area contributed by atoms with Crippen molar-refractivity contribution < 1.29 is 9.94 Å². The number of hydrogen-bond donors (Lipinski definition) is 3. The van der Waals surface area contributed by atoms with Crippen LogP contribution in [0.5, 0.6) is 0 Å². The van der Waals surface area contributed by atoms with E-state index in [-0.39, 0.29) is 0 Å². The molecule has 2 rings (SSSR count). The van der Waals surface area contributed by atoms with Crippen molar-refractivity contribution in [1.29, 1.82) is 0 Å². The third-order valence-electron chi connectivity index (χ3n) is 3.16. The zero-order valence-corrected chi connectivity index (χ0v) is 11.7. The highest BCUT2D eigenvalue weighted by Crippen LogP contribution is 2.27. The molecule has 0 amide bonds. The molecule has 2 unspecified atom stereocenters. The van der Waals surface area contributed by atoms with Gasteiger partial charge in [0.2, 0.25) is 0 Å². The van der Waals surface area contributed by atoms with Gasteiger partial charge in [-0.2, -0.15) is 10.6 Å². The molecule has 19 heavy (non-hydrogen) atoms. The van der Waals surface area contributed by atoms with E-state index in [1.807, 2.05) is 32.0 Å². The van der Waals surface area contributed by atoms with Crippen LogP contribution >= 0.6 is 11.6 Å². The van der Waals surface area contributed by atoms with E-state index in [0.717, 1.165) is 12.0 Å². The first-order valence-corrected chi connectivity index (χ1v) is 6.62. The Balaban J connectivity index is 2.29. The molecule has 2 atom stereocenters. The first-order valence-electron chi connectivity index (χ1n) is 6.25. The Bertz CT molecular complexity index is 481. The summed E-state index contributed by atoms with van der Waals surface area (Å²) in [7, 11) is 0. The molecule has 0 radical (unpaired) electrons. The van der Waals surface area contributed by atoms with Gasteiger partial charge in [-0.05, 0) is 19.4 Å². The Hall–Kier alpha value is -1.14. The summed E-state index contributed by atoms with van der Waals surface area (Å²) in [4.78, 5) is 0. The van der Waals surface area contributed by atoms with Gasteiger partial charge < -0.3 is 9.94 Å². The van der Waals surface area contributed by atoms with Gasteiger partial charge in [-0.1, -0.05) is 36.7 Å². The van der Waals surface area contributed by atoms with Gasteiger partial charge in [-0.3, -0.25) is 5.43 Å². The number of ether oxygens (including phenoxy) is 1. The molecule has 5 nitrogen and oxygen atoms in total. The normalized spacial score (nSPS) is 26.1. The number of hydrogen-bond acceptors (Lipinski definition) is 5. The van der Waals surface area contributed by atoms with Crippen molar-refractivity contribution in [2.24, 2.45) is 5.10 Å². The van der Waals surface area contributed by atoms with Crippen LogP contribution < -0.4 is 10.9 Å². The van der Waals surface area contributed by atoms with Crippen molar-refractivity contribution in [2.75, 3.05) is 6.61 Å². The number of benzene rings is 1. The lowest BCUT2D eigenvalue weighted by molar-refractivity contribution is -0.0385. The third-order valence-corrected chi connectivity index (χ3v) is 3.49. The van der Waals surface area contributed by atoms with Gasteiger partial charge in [-0.15, -0.1) is 0 Å². The van der Waals surface area contributed by atoms with Crippen molar-refractivity contribution in [3.8, 4) is 0 Å². The van der Waals surface area contributed by atoms with Crippen molar-refractivity contribution in [2.45, 2.75) is 32.0 Å². The highest BCUT2D eigenvalue weighted by Gasteiger charge is 2.45. The highest BCUT2D eigenvalue weighted by atomic mass is 35.5. The van der Waals surface area contributed by atoms with Gasteiger partial charge in [0.1, 0.15) is 5.54 Å². The minimum Gasteiger partial charge on any atom is -0.355 e. The molecule has 1 aliphatic rings. The van der Waals surface area contributed by atoms with Crippen LogP contribution in [0.15, 0.2) is 29.4 Å². The van der Waals surface area contributed by atoms with Gasteiger partial charge in [0.15, 0.2) is 6.23 Å². The minimum absolute atomic E-state index is 0.441. The predicted molar refractivity (Wildman–Crippen MR) is 74.5 cm³/mol. The molecular weight excluding hydrogens is 266 g/mol. The third kappa shape index (κ3) is 2.60. The Morgan fingerprint density at radius 3 is 2.89 bits per heavy atom. The molecule has 1 heterocycles. The SMILES string of the molecule is CCCOC1NN=C(c2ccccc2Cl)C1(C)NO. The fourth-order valence-electron chi connectivity index (χ4n) is 2.04. The number of rotatable bonds is 5. The summed E-state index contributed by atoms with van der Waals surface area (Å²) >= 11 is 6.18. The molecule has 0 fully saturated rings. The van der Waals surface area contributed by atoms with Gasteiger partial charge in [0.05, 0.1) is 5.71 Å². The van der Waals surface area contributed by atoms with E-state index >= 15 is 0 Å². The molecule has 0 aliphatic carbocycles. The van der Waals surface area contributed by atoms with Crippen LogP contribution in [0.25, 0.3) is 0 Å². The maximum absolute atomic E-state index is 9.52. The zero-order valence-electron chi connectivity index (χ0n) is 11.0. The van der Waals surface area contributed by atoms with Crippen molar-refractivity contribution in [1.82, 2.24) is 10.9 Å². The first-order chi connectivity index (χ1) is 9.13. The second-order valence-corrected chi connectivity index (χ2v) is 5.04. The average Bonchev–Trinajstić information content (AvgIpc) is 2.75. The zero-order chi connectivity index (χ0) is 13.9. The predicted octanol–water partition coefficient (Wildman–Crippen LogP) is 2.14. The van der Waals surface area contributed by atoms with Crippen LogP contribution in [0.1, 0.15) is 25.8 Å². The van der Waals surface area contributed by atoms with Gasteiger partial charge in [0, 0.05) is 17.2 Å². The lowest BCUT2D eigenvalue weighted by Gasteiger charge is -2.30. The van der Waals surface area contributed by atoms with E-state index in [1.54, 1.807) is 6.07 Å². The molecular formula is C13H18ClN3O2. The summed E-state index contributed by atoms with van der Waals surface area (Å²) in [5.74, 6) is 0. The van der Waals surface area contributed by atoms with Crippen molar-refractivity contribution in [3.05, 3.63) is 34.9 Å². The summed E-state index contributed by atoms with van der Waals surface area (Å²) in [5, 5.41) is 14.4. The van der Waals surface area contributed by atoms with Crippen LogP contribution in [0.4, 0.5) is 0 Å². The molecule has 0 bridgehead atoms. The maximum atomic E-state index is 9.52. The molecule has 0 spiro atoms. The summed E-state index contributed by atoms with van der Waals surface area (Å²) in [5.41, 5.74) is 5.74. The summed E-state index contributed by atoms with van der Waals surface area (Å²) < 4.78 is 5.66. The van der Waals surface area contributed by atoms with E-state index in [0.29, 0.717) is 17.3 Å². The first kappa shape index (κ1) is 14.3. The van der Waals surface area contributed by atoms with Crippen molar-refractivity contribution in [3.63, 3.8) is 0 Å². The van der Waals surface area contributed by atoms with Crippen LogP contribution in [-0.4, -0.2) is 29.3 Å². The molecule has 104 valence electrons. The van der Waals surface area contributed by atoms with Crippen LogP contribution in [0.2, 0.25) is 5.02 Å². The topological polar surface area (TPSA) is 65.9 Å². The Labute approximate surface area is 117 Å². The number of hydrazone groups is 1. The van der Waals surface area contributed by atoms with Crippen LogP contribution in [0, 0.1) is 0 Å². The smallest absolute Gasteiger partial charge is 0.168 e. The lowest BCUT2D eigenvalue weighted by atomic mass is 9.90. The molecule has 0 saturated carbocycles. The number of nitrogens with one attached hydrogen (secondary N) is 2. The van der Waals surface area contributed by atoms with Gasteiger partial charge >= 0.3 is 0 Å². The van der Waals surface area contributed by atoms with E-state index in [1.165, 1.54) is 0 Å².